The molecule has 0 spiro atoms. The zero-order valence-corrected chi connectivity index (χ0v) is 38.5. The third-order valence-electron chi connectivity index (χ3n) is 13.6. The molecule has 2 fully saturated rings. The molecule has 2 aromatic carbocycles. The average Bonchev–Trinajstić information content (AvgIpc) is 3.36. The Balaban J connectivity index is 0.787. The van der Waals surface area contributed by atoms with Gasteiger partial charge in [0.15, 0.2) is 5.75 Å². The Labute approximate surface area is 392 Å². The van der Waals surface area contributed by atoms with E-state index in [2.05, 4.69) is 45.5 Å². The lowest BCUT2D eigenvalue weighted by molar-refractivity contribution is -0.220. The van der Waals surface area contributed by atoms with Gasteiger partial charge in [-0.2, -0.15) is 0 Å². The van der Waals surface area contributed by atoms with Crippen LogP contribution < -0.4 is 30.9 Å². The molecular formula is C51H64N8O8. The zero-order chi connectivity index (χ0) is 46.5. The molecule has 6 heterocycles. The van der Waals surface area contributed by atoms with Gasteiger partial charge in [-0.3, -0.25) is 29.1 Å². The van der Waals surface area contributed by atoms with Crippen LogP contribution in [0.15, 0.2) is 72.8 Å². The highest BCUT2D eigenvalue weighted by Gasteiger charge is 2.36. The summed E-state index contributed by atoms with van der Waals surface area (Å²) in [4.78, 5) is 77.2. The number of fused-ring (bicyclic) bond motifs is 2. The van der Waals surface area contributed by atoms with Gasteiger partial charge in [-0.05, 0) is 136 Å². The van der Waals surface area contributed by atoms with E-state index in [9.17, 15) is 24.3 Å². The molecule has 2 saturated heterocycles. The second-order valence-electron chi connectivity index (χ2n) is 18.1. The minimum absolute atomic E-state index is 0.00297. The SMILES string of the molecule is COc1ccc(C(C(=O)OOc2ccc(C(C(=O)O)N3CCC(C(=O)NCCCc4ccc5c(n4)NCCC5)CC3)cc2)N2CCC(C(=O)NCCCc3ccc4c(n3)NCCC4)CC2)cc1. The molecule has 16 nitrogen and oxygen atoms in total. The third kappa shape index (κ3) is 12.4. The number of pyridine rings is 2. The van der Waals surface area contributed by atoms with Crippen molar-refractivity contribution in [2.45, 2.75) is 89.1 Å². The molecule has 356 valence electrons. The first-order valence-corrected chi connectivity index (χ1v) is 24.1. The molecule has 4 aliphatic heterocycles. The molecule has 4 aliphatic rings. The normalized spacial score (nSPS) is 17.6. The number of amides is 2. The van der Waals surface area contributed by atoms with Gasteiger partial charge in [-0.25, -0.2) is 19.7 Å². The number of piperidine rings is 2. The number of carbonyl (C=O) groups is 4. The number of ether oxygens (including phenoxy) is 1. The fourth-order valence-electron chi connectivity index (χ4n) is 9.74. The van der Waals surface area contributed by atoms with Crippen molar-refractivity contribution in [3.63, 3.8) is 0 Å². The summed E-state index contributed by atoms with van der Waals surface area (Å²) >= 11 is 0. The highest BCUT2D eigenvalue weighted by molar-refractivity contribution is 5.80. The zero-order valence-electron chi connectivity index (χ0n) is 38.5. The van der Waals surface area contributed by atoms with Crippen LogP contribution in [0.3, 0.4) is 0 Å². The Morgan fingerprint density at radius 3 is 1.60 bits per heavy atom. The van der Waals surface area contributed by atoms with Crippen molar-refractivity contribution in [1.82, 2.24) is 30.4 Å². The van der Waals surface area contributed by atoms with Crippen molar-refractivity contribution in [3.05, 3.63) is 106 Å². The first-order valence-electron chi connectivity index (χ1n) is 24.1. The smallest absolute Gasteiger partial charge is 0.376 e. The van der Waals surface area contributed by atoms with Gasteiger partial charge >= 0.3 is 11.9 Å². The predicted molar refractivity (Wildman–Crippen MR) is 253 cm³/mol. The summed E-state index contributed by atoms with van der Waals surface area (Å²) in [6.45, 7) is 4.92. The summed E-state index contributed by atoms with van der Waals surface area (Å²) < 4.78 is 5.36. The topological polar surface area (TPSA) is 197 Å². The van der Waals surface area contributed by atoms with E-state index in [1.54, 1.807) is 43.5 Å². The van der Waals surface area contributed by atoms with Gasteiger partial charge in [0, 0.05) is 75.6 Å². The lowest BCUT2D eigenvalue weighted by Gasteiger charge is -2.35. The van der Waals surface area contributed by atoms with E-state index in [1.165, 1.54) is 11.1 Å². The Hall–Kier alpha value is -6.26. The number of hydrogen-bond acceptors (Lipinski definition) is 13. The van der Waals surface area contributed by atoms with Gasteiger partial charge in [0.25, 0.3) is 0 Å². The monoisotopic (exact) mass is 916 g/mol. The van der Waals surface area contributed by atoms with Crippen molar-refractivity contribution >= 4 is 35.4 Å². The summed E-state index contributed by atoms with van der Waals surface area (Å²) in [5.41, 5.74) is 5.79. The number of rotatable bonds is 19. The molecule has 0 saturated carbocycles. The highest BCUT2D eigenvalue weighted by Crippen LogP contribution is 2.32. The van der Waals surface area contributed by atoms with Crippen LogP contribution in [0.25, 0.3) is 0 Å². The molecule has 67 heavy (non-hydrogen) atoms. The van der Waals surface area contributed by atoms with Gasteiger partial charge in [-0.15, -0.1) is 0 Å². The number of benzene rings is 2. The van der Waals surface area contributed by atoms with E-state index in [0.29, 0.717) is 81.8 Å². The molecular weight excluding hydrogens is 853 g/mol. The Morgan fingerprint density at radius 1 is 0.657 bits per heavy atom. The molecule has 2 unspecified atom stereocenters. The molecule has 0 aliphatic carbocycles. The number of methoxy groups -OCH3 is 1. The molecule has 4 aromatic rings. The lowest BCUT2D eigenvalue weighted by atomic mass is 9.93. The van der Waals surface area contributed by atoms with Crippen molar-refractivity contribution in [3.8, 4) is 11.5 Å². The van der Waals surface area contributed by atoms with Crippen molar-refractivity contribution in [2.24, 2.45) is 11.8 Å². The molecule has 2 aromatic heterocycles. The number of nitrogens with zero attached hydrogens (tertiary/aromatic N) is 4. The molecule has 2 amide bonds. The standard InChI is InChI=1S/C51H64N8O8/c1-65-42-18-12-35(13-19-42)45(59-32-24-39(25-33-59)49(61)55-29-5-9-41-17-11-37-7-3-27-53-47(37)57-41)51(64)67-66-43-20-14-34(15-21-43)44(50(62)63)58-30-22-38(23-31-58)48(60)54-28-4-8-40-16-10-36-6-2-26-52-46(36)56-40/h10-21,38-39,44-45H,2-9,22-33H2,1H3,(H,52,56)(H,53,57)(H,54,60)(H,55,61)(H,62,63). The Bertz CT molecular complexity index is 2310. The van der Waals surface area contributed by atoms with Crippen molar-refractivity contribution in [1.29, 1.82) is 0 Å². The fourth-order valence-corrected chi connectivity index (χ4v) is 9.74. The summed E-state index contributed by atoms with van der Waals surface area (Å²) in [6, 6.07) is 20.4. The summed E-state index contributed by atoms with van der Waals surface area (Å²) in [5, 5.41) is 23.3. The number of nitrogens with one attached hydrogen (secondary N) is 4. The van der Waals surface area contributed by atoms with Gasteiger partial charge in [0.1, 0.15) is 29.5 Å². The Morgan fingerprint density at radius 2 is 1.12 bits per heavy atom. The van der Waals surface area contributed by atoms with Crippen LogP contribution in [-0.2, 0) is 49.7 Å². The number of aliphatic carboxylic acids is 1. The average molecular weight is 917 g/mol. The second-order valence-corrected chi connectivity index (χ2v) is 18.1. The van der Waals surface area contributed by atoms with Crippen molar-refractivity contribution < 1.29 is 38.8 Å². The number of aromatic nitrogens is 2. The number of anilines is 2. The predicted octanol–water partition coefficient (Wildman–Crippen LogP) is 5.83. The number of carboxylic acid groups (broad SMARTS) is 1. The second kappa shape index (κ2) is 23.0. The van der Waals surface area contributed by atoms with Crippen molar-refractivity contribution in [2.75, 3.05) is 70.1 Å². The van der Waals surface area contributed by atoms with E-state index in [4.69, 9.17) is 24.5 Å². The molecule has 0 bridgehead atoms. The van der Waals surface area contributed by atoms with E-state index in [-0.39, 0.29) is 29.4 Å². The van der Waals surface area contributed by atoms with Crippen LogP contribution in [0.1, 0.15) is 97.1 Å². The molecule has 2 atom stereocenters. The minimum Gasteiger partial charge on any atom is -0.497 e. The van der Waals surface area contributed by atoms with E-state index in [0.717, 1.165) is 87.5 Å². The first-order chi connectivity index (χ1) is 32.7. The summed E-state index contributed by atoms with van der Waals surface area (Å²) in [7, 11) is 1.58. The summed E-state index contributed by atoms with van der Waals surface area (Å²) in [6.07, 6.45) is 9.74. The Kier molecular flexibility index (Phi) is 16.2. The lowest BCUT2D eigenvalue weighted by Crippen LogP contribution is -2.44. The van der Waals surface area contributed by atoms with E-state index >= 15 is 0 Å². The maximum Gasteiger partial charge on any atom is 0.376 e. The third-order valence-corrected chi connectivity index (χ3v) is 13.6. The molecule has 8 rings (SSSR count). The largest absolute Gasteiger partial charge is 0.497 e. The number of carbonyl (C=O) groups excluding carboxylic acids is 3. The molecule has 5 N–H and O–H groups in total. The van der Waals surface area contributed by atoms with Crippen LogP contribution in [0.5, 0.6) is 11.5 Å². The fraction of sp³-hybridized carbons (Fsp3) is 0.490. The first kappa shape index (κ1) is 47.2. The quantitative estimate of drug-likeness (QED) is 0.0428. The molecule has 16 heteroatoms. The highest BCUT2D eigenvalue weighted by atomic mass is 17.2. The number of hydrogen-bond donors (Lipinski definition) is 5. The maximum absolute atomic E-state index is 13.9. The molecule has 0 radical (unpaired) electrons. The number of aryl methyl sites for hydroxylation is 4. The van der Waals surface area contributed by atoms with E-state index in [1.807, 2.05) is 21.9 Å². The van der Waals surface area contributed by atoms with Crippen LogP contribution in [-0.4, -0.2) is 108 Å². The van der Waals surface area contributed by atoms with Crippen LogP contribution >= 0.6 is 0 Å². The van der Waals surface area contributed by atoms with Crippen LogP contribution in [0.2, 0.25) is 0 Å². The van der Waals surface area contributed by atoms with Gasteiger partial charge in [0.2, 0.25) is 11.8 Å². The number of likely N-dealkylation sites (tertiary alicyclic amines) is 2. The number of carboxylic acids is 1. The minimum atomic E-state index is -0.992. The van der Waals surface area contributed by atoms with Gasteiger partial charge in [-0.1, -0.05) is 36.4 Å². The summed E-state index contributed by atoms with van der Waals surface area (Å²) in [5.74, 6) is 0.894. The van der Waals surface area contributed by atoms with Crippen LogP contribution in [0.4, 0.5) is 11.6 Å². The van der Waals surface area contributed by atoms with Crippen LogP contribution in [0, 0.1) is 11.8 Å². The maximum atomic E-state index is 13.9. The van der Waals surface area contributed by atoms with Gasteiger partial charge in [0.05, 0.1) is 7.11 Å². The van der Waals surface area contributed by atoms with Gasteiger partial charge < -0.3 is 31.1 Å². The van der Waals surface area contributed by atoms with E-state index < -0.39 is 24.0 Å².